The molecule has 170 valence electrons. The number of benzene rings is 2. The molecule has 0 saturated carbocycles. The van der Waals surface area contributed by atoms with Crippen LogP contribution in [0.4, 0.5) is 23.7 Å². The highest BCUT2D eigenvalue weighted by atomic mass is 32.2. The highest BCUT2D eigenvalue weighted by Crippen LogP contribution is 2.31. The zero-order valence-electron chi connectivity index (χ0n) is 17.4. The maximum atomic E-state index is 12.9. The van der Waals surface area contributed by atoms with Gasteiger partial charge in [-0.15, -0.1) is 0 Å². The summed E-state index contributed by atoms with van der Waals surface area (Å²) in [5.74, 6) is 0.156. The number of hydrogen-bond acceptors (Lipinski definition) is 5. The summed E-state index contributed by atoms with van der Waals surface area (Å²) in [6.07, 6.45) is -3.64. The predicted molar refractivity (Wildman–Crippen MR) is 110 cm³/mol. The van der Waals surface area contributed by atoms with Crippen molar-refractivity contribution in [2.24, 2.45) is 0 Å². The molecule has 1 N–H and O–H groups in total. The van der Waals surface area contributed by atoms with Gasteiger partial charge < -0.3 is 19.1 Å². The Bertz CT molecular complexity index is 1040. The summed E-state index contributed by atoms with van der Waals surface area (Å²) in [5, 5.41) is 2.47. The summed E-state index contributed by atoms with van der Waals surface area (Å²) in [6.45, 7) is 3.53. The number of nitrogens with one attached hydrogen (secondary N) is 1. The van der Waals surface area contributed by atoms with Crippen LogP contribution in [0.2, 0.25) is 0 Å². The van der Waals surface area contributed by atoms with E-state index in [0.717, 1.165) is 18.4 Å². The number of ether oxygens (including phenoxy) is 1. The van der Waals surface area contributed by atoms with Crippen LogP contribution in [0.5, 0.6) is 11.5 Å². The fourth-order valence-electron chi connectivity index (χ4n) is 2.70. The van der Waals surface area contributed by atoms with Crippen LogP contribution in [-0.2, 0) is 22.8 Å². The summed E-state index contributed by atoms with van der Waals surface area (Å²) < 4.78 is 71.7. The van der Waals surface area contributed by atoms with Crippen molar-refractivity contribution in [2.45, 2.75) is 32.6 Å². The van der Waals surface area contributed by atoms with Gasteiger partial charge in [-0.1, -0.05) is 12.1 Å². The van der Waals surface area contributed by atoms with E-state index in [1.807, 2.05) is 0 Å². The Labute approximate surface area is 178 Å². The largest absolute Gasteiger partial charge is 0.493 e. The van der Waals surface area contributed by atoms with Crippen LogP contribution in [0.15, 0.2) is 42.5 Å². The third-order valence-electron chi connectivity index (χ3n) is 4.15. The van der Waals surface area contributed by atoms with Crippen LogP contribution in [0.3, 0.4) is 0 Å². The van der Waals surface area contributed by atoms with E-state index in [1.165, 1.54) is 36.3 Å². The normalized spacial score (nSPS) is 11.9. The predicted octanol–water partition coefficient (Wildman–Crippen LogP) is 4.49. The van der Waals surface area contributed by atoms with Crippen molar-refractivity contribution >= 4 is 21.8 Å². The number of nitrogens with zero attached hydrogens (tertiary/aromatic N) is 1. The van der Waals surface area contributed by atoms with E-state index in [2.05, 4.69) is 5.32 Å². The van der Waals surface area contributed by atoms with Crippen LogP contribution in [0.1, 0.15) is 25.0 Å². The van der Waals surface area contributed by atoms with E-state index in [9.17, 15) is 26.4 Å². The van der Waals surface area contributed by atoms with Crippen LogP contribution < -0.4 is 14.2 Å². The van der Waals surface area contributed by atoms with Gasteiger partial charge in [0.05, 0.1) is 18.9 Å². The number of hydrogen-bond donors (Lipinski definition) is 1. The zero-order chi connectivity index (χ0) is 23.4. The van der Waals surface area contributed by atoms with Crippen molar-refractivity contribution in [3.63, 3.8) is 0 Å². The van der Waals surface area contributed by atoms with Gasteiger partial charge in [0, 0.05) is 18.3 Å². The molecule has 2 rings (SSSR count). The molecule has 2 aromatic carbocycles. The minimum Gasteiger partial charge on any atom is -0.493 e. The Morgan fingerprint density at radius 2 is 1.81 bits per heavy atom. The molecule has 0 atom stereocenters. The molecular formula is C20H23F3N2O5S. The lowest BCUT2D eigenvalue weighted by molar-refractivity contribution is -0.137. The molecule has 0 spiro atoms. The molecule has 0 unspecified atom stereocenters. The van der Waals surface area contributed by atoms with Crippen molar-refractivity contribution in [3.8, 4) is 11.5 Å². The first-order valence-electron chi connectivity index (χ1n) is 9.11. The molecule has 0 radical (unpaired) electrons. The Hall–Kier alpha value is -2.95. The maximum absolute atomic E-state index is 12.9. The number of carbonyl (C=O) groups excluding carboxylic acids is 1. The average molecular weight is 460 g/mol. The second kappa shape index (κ2) is 9.46. The molecule has 0 aliphatic rings. The molecule has 0 fully saturated rings. The first-order valence-corrected chi connectivity index (χ1v) is 10.9. The van der Waals surface area contributed by atoms with Crippen LogP contribution in [-0.4, -0.2) is 38.8 Å². The zero-order valence-corrected chi connectivity index (χ0v) is 18.2. The average Bonchev–Trinajstić information content (AvgIpc) is 2.64. The van der Waals surface area contributed by atoms with E-state index in [-0.39, 0.29) is 29.8 Å². The Kier molecular flexibility index (Phi) is 7.42. The first kappa shape index (κ1) is 24.3. The molecular weight excluding hydrogens is 437 g/mol. The van der Waals surface area contributed by atoms with E-state index in [0.29, 0.717) is 5.56 Å². The maximum Gasteiger partial charge on any atom is 0.416 e. The smallest absolute Gasteiger partial charge is 0.416 e. The Morgan fingerprint density at radius 1 is 1.13 bits per heavy atom. The Balaban J connectivity index is 2.25. The molecule has 11 heteroatoms. The SMILES string of the molecule is COc1ccc(CN(C(=O)Nc2cccc(C(F)(F)F)c2)C(C)C)cc1OS(C)(=O)=O. The standard InChI is InChI=1S/C20H23F3N2O5S/c1-13(2)25(19(26)24-16-7-5-6-15(11-16)20(21,22)23)12-14-8-9-17(29-3)18(10-14)30-31(4,27)28/h5-11,13H,12H2,1-4H3,(H,24,26). The molecule has 7 nitrogen and oxygen atoms in total. The second-order valence-corrected chi connectivity index (χ2v) is 8.58. The molecule has 0 aliphatic heterocycles. The summed E-state index contributed by atoms with van der Waals surface area (Å²) >= 11 is 0. The molecule has 0 aromatic heterocycles. The van der Waals surface area contributed by atoms with Gasteiger partial charge in [0.1, 0.15) is 0 Å². The van der Waals surface area contributed by atoms with Crippen molar-refractivity contribution in [3.05, 3.63) is 53.6 Å². The third-order valence-corrected chi connectivity index (χ3v) is 4.63. The number of methoxy groups -OCH3 is 1. The van der Waals surface area contributed by atoms with Crippen molar-refractivity contribution < 1.29 is 35.3 Å². The quantitative estimate of drug-likeness (QED) is 0.616. The lowest BCUT2D eigenvalue weighted by atomic mass is 10.1. The van der Waals surface area contributed by atoms with Crippen molar-refractivity contribution in [2.75, 3.05) is 18.7 Å². The number of carbonyl (C=O) groups is 1. The molecule has 0 saturated heterocycles. The Morgan fingerprint density at radius 3 is 2.35 bits per heavy atom. The number of anilines is 1. The first-order chi connectivity index (χ1) is 14.3. The number of rotatable bonds is 7. The van der Waals surface area contributed by atoms with E-state index in [1.54, 1.807) is 19.9 Å². The van der Waals surface area contributed by atoms with E-state index < -0.39 is 27.9 Å². The topological polar surface area (TPSA) is 84.9 Å². The summed E-state index contributed by atoms with van der Waals surface area (Å²) in [5.41, 5.74) is -0.340. The highest BCUT2D eigenvalue weighted by Gasteiger charge is 2.30. The van der Waals surface area contributed by atoms with Gasteiger partial charge in [-0.25, -0.2) is 4.79 Å². The minimum atomic E-state index is -4.53. The van der Waals surface area contributed by atoms with Gasteiger partial charge in [-0.2, -0.15) is 21.6 Å². The molecule has 2 amide bonds. The monoisotopic (exact) mass is 460 g/mol. The molecule has 0 bridgehead atoms. The third kappa shape index (κ3) is 7.06. The second-order valence-electron chi connectivity index (χ2n) is 7.00. The minimum absolute atomic E-state index is 0.00121. The van der Waals surface area contributed by atoms with Crippen LogP contribution >= 0.6 is 0 Å². The van der Waals surface area contributed by atoms with Crippen LogP contribution in [0.25, 0.3) is 0 Å². The lowest BCUT2D eigenvalue weighted by Crippen LogP contribution is -2.39. The van der Waals surface area contributed by atoms with Gasteiger partial charge in [0.2, 0.25) is 0 Å². The number of halogens is 3. The number of amides is 2. The van der Waals surface area contributed by atoms with Crippen molar-refractivity contribution in [1.29, 1.82) is 0 Å². The van der Waals surface area contributed by atoms with Gasteiger partial charge in [-0.3, -0.25) is 0 Å². The lowest BCUT2D eigenvalue weighted by Gasteiger charge is -2.27. The molecule has 0 aliphatic carbocycles. The van der Waals surface area contributed by atoms with Crippen molar-refractivity contribution in [1.82, 2.24) is 4.90 Å². The summed E-state index contributed by atoms with van der Waals surface area (Å²) in [7, 11) is -2.46. The van der Waals surface area contributed by atoms with Crippen LogP contribution in [0, 0.1) is 0 Å². The fraction of sp³-hybridized carbons (Fsp3) is 0.350. The highest BCUT2D eigenvalue weighted by molar-refractivity contribution is 7.86. The summed E-state index contributed by atoms with van der Waals surface area (Å²) in [4.78, 5) is 14.1. The van der Waals surface area contributed by atoms with Gasteiger partial charge in [0.15, 0.2) is 11.5 Å². The number of urea groups is 1. The fourth-order valence-corrected chi connectivity index (χ4v) is 3.16. The van der Waals surface area contributed by atoms with E-state index in [4.69, 9.17) is 8.92 Å². The van der Waals surface area contributed by atoms with Gasteiger partial charge in [0.25, 0.3) is 0 Å². The van der Waals surface area contributed by atoms with E-state index >= 15 is 0 Å². The summed E-state index contributed by atoms with van der Waals surface area (Å²) in [6, 6.07) is 7.95. The van der Waals surface area contributed by atoms with Gasteiger partial charge in [-0.05, 0) is 49.7 Å². The molecule has 31 heavy (non-hydrogen) atoms. The van der Waals surface area contributed by atoms with Gasteiger partial charge >= 0.3 is 22.3 Å². The number of alkyl halides is 3. The molecule has 0 heterocycles. The molecule has 2 aromatic rings.